The summed E-state index contributed by atoms with van der Waals surface area (Å²) in [5.41, 5.74) is 3.25. The molecule has 0 saturated heterocycles. The average molecular weight is 258 g/mol. The van der Waals surface area contributed by atoms with Crippen LogP contribution in [-0.2, 0) is 6.42 Å². The summed E-state index contributed by atoms with van der Waals surface area (Å²) in [7, 11) is 0. The summed E-state index contributed by atoms with van der Waals surface area (Å²) in [5.74, 6) is 0.808. The van der Waals surface area contributed by atoms with Crippen LogP contribution in [-0.4, -0.2) is 14.6 Å². The zero-order chi connectivity index (χ0) is 12.5. The molecule has 3 aromatic rings. The number of fused-ring (bicyclic) bond motifs is 1. The third-order valence-electron chi connectivity index (χ3n) is 2.79. The van der Waals surface area contributed by atoms with E-state index in [0.29, 0.717) is 5.02 Å². The van der Waals surface area contributed by atoms with E-state index in [2.05, 4.69) is 41.3 Å². The number of hydrogen-bond donors (Lipinski definition) is 0. The van der Waals surface area contributed by atoms with Crippen LogP contribution < -0.4 is 0 Å². The Balaban J connectivity index is 1.95. The van der Waals surface area contributed by atoms with Crippen molar-refractivity contribution in [1.82, 2.24) is 14.6 Å². The Morgan fingerprint density at radius 2 is 2.11 bits per heavy atom. The summed E-state index contributed by atoms with van der Waals surface area (Å²) in [6.07, 6.45) is 2.56. The van der Waals surface area contributed by atoms with Crippen LogP contribution in [0.2, 0.25) is 5.02 Å². The first-order valence-electron chi connectivity index (χ1n) is 5.77. The fourth-order valence-corrected chi connectivity index (χ4v) is 2.14. The lowest BCUT2D eigenvalue weighted by Gasteiger charge is -1.98. The highest BCUT2D eigenvalue weighted by molar-refractivity contribution is 6.30. The lowest BCUT2D eigenvalue weighted by molar-refractivity contribution is 0.899. The Morgan fingerprint density at radius 3 is 2.94 bits per heavy atom. The van der Waals surface area contributed by atoms with Gasteiger partial charge in [0, 0.05) is 23.7 Å². The smallest absolute Gasteiger partial charge is 0.157 e. The van der Waals surface area contributed by atoms with E-state index in [1.165, 1.54) is 11.1 Å². The molecule has 4 heteroatoms. The van der Waals surface area contributed by atoms with E-state index >= 15 is 0 Å². The van der Waals surface area contributed by atoms with Gasteiger partial charge >= 0.3 is 0 Å². The topological polar surface area (TPSA) is 30.2 Å². The normalized spacial score (nSPS) is 11.0. The second-order valence-corrected chi connectivity index (χ2v) is 4.78. The molecule has 0 saturated carbocycles. The zero-order valence-electron chi connectivity index (χ0n) is 9.97. The molecule has 1 aromatic carbocycles. The second-order valence-electron chi connectivity index (χ2n) is 4.34. The molecule has 3 nitrogen and oxygen atoms in total. The van der Waals surface area contributed by atoms with E-state index in [1.807, 2.05) is 12.3 Å². The van der Waals surface area contributed by atoms with Gasteiger partial charge in [0.1, 0.15) is 0 Å². The fraction of sp³-hybridized carbons (Fsp3) is 0.143. The van der Waals surface area contributed by atoms with Crippen molar-refractivity contribution >= 4 is 17.2 Å². The number of aromatic nitrogens is 3. The molecule has 0 aliphatic rings. The van der Waals surface area contributed by atoms with Crippen molar-refractivity contribution in [2.75, 3.05) is 0 Å². The first kappa shape index (κ1) is 11.2. The molecule has 2 aromatic heterocycles. The van der Waals surface area contributed by atoms with Crippen LogP contribution >= 0.6 is 11.6 Å². The molecule has 90 valence electrons. The maximum Gasteiger partial charge on any atom is 0.157 e. The number of pyridine rings is 1. The average Bonchev–Trinajstić information content (AvgIpc) is 2.70. The summed E-state index contributed by atoms with van der Waals surface area (Å²) in [4.78, 5) is 4.47. The van der Waals surface area contributed by atoms with Gasteiger partial charge in [0.05, 0.1) is 0 Å². The number of nitrogens with zero attached hydrogens (tertiary/aromatic N) is 3. The first-order valence-corrected chi connectivity index (χ1v) is 6.15. The van der Waals surface area contributed by atoms with Gasteiger partial charge in [-0.1, -0.05) is 41.4 Å². The van der Waals surface area contributed by atoms with Gasteiger partial charge < -0.3 is 0 Å². The van der Waals surface area contributed by atoms with Crippen molar-refractivity contribution in [3.63, 3.8) is 0 Å². The van der Waals surface area contributed by atoms with Crippen LogP contribution in [0, 0.1) is 6.92 Å². The van der Waals surface area contributed by atoms with E-state index in [1.54, 1.807) is 10.6 Å². The number of benzene rings is 1. The number of aryl methyl sites for hydroxylation is 1. The van der Waals surface area contributed by atoms with E-state index in [-0.39, 0.29) is 0 Å². The van der Waals surface area contributed by atoms with Gasteiger partial charge in [-0.25, -0.2) is 9.50 Å². The third kappa shape index (κ3) is 2.22. The Labute approximate surface area is 110 Å². The van der Waals surface area contributed by atoms with E-state index < -0.39 is 0 Å². The molecule has 0 bridgehead atoms. The van der Waals surface area contributed by atoms with Gasteiger partial charge in [-0.05, 0) is 18.6 Å². The monoisotopic (exact) mass is 257 g/mol. The van der Waals surface area contributed by atoms with Crippen molar-refractivity contribution in [3.05, 3.63) is 64.6 Å². The predicted octanol–water partition coefficient (Wildman–Crippen LogP) is 3.28. The van der Waals surface area contributed by atoms with E-state index in [0.717, 1.165) is 17.9 Å². The maximum absolute atomic E-state index is 5.93. The van der Waals surface area contributed by atoms with Gasteiger partial charge in [-0.3, -0.25) is 0 Å². The Kier molecular flexibility index (Phi) is 2.76. The van der Waals surface area contributed by atoms with Crippen molar-refractivity contribution in [2.24, 2.45) is 0 Å². The van der Waals surface area contributed by atoms with Crippen LogP contribution in [0.25, 0.3) is 5.65 Å². The highest BCUT2D eigenvalue weighted by atomic mass is 35.5. The van der Waals surface area contributed by atoms with Crippen molar-refractivity contribution in [2.45, 2.75) is 13.3 Å². The lowest BCUT2D eigenvalue weighted by Crippen LogP contribution is -1.92. The van der Waals surface area contributed by atoms with Crippen LogP contribution in [0.3, 0.4) is 0 Å². The summed E-state index contributed by atoms with van der Waals surface area (Å²) in [6, 6.07) is 12.0. The number of halogens is 1. The standard InChI is InChI=1S/C14H12ClN3/c1-10-3-2-4-11(7-10)8-13-16-14-9-12(15)5-6-18(14)17-13/h2-7,9H,8H2,1H3. The van der Waals surface area contributed by atoms with Gasteiger partial charge in [0.25, 0.3) is 0 Å². The molecule has 0 atom stereocenters. The number of rotatable bonds is 2. The quantitative estimate of drug-likeness (QED) is 0.705. The summed E-state index contributed by atoms with van der Waals surface area (Å²) < 4.78 is 1.75. The maximum atomic E-state index is 5.93. The summed E-state index contributed by atoms with van der Waals surface area (Å²) in [5, 5.41) is 5.10. The fourth-order valence-electron chi connectivity index (χ4n) is 1.98. The summed E-state index contributed by atoms with van der Waals surface area (Å²) in [6.45, 7) is 2.08. The third-order valence-corrected chi connectivity index (χ3v) is 3.02. The van der Waals surface area contributed by atoms with Gasteiger partial charge in [0.15, 0.2) is 11.5 Å². The van der Waals surface area contributed by atoms with E-state index in [4.69, 9.17) is 11.6 Å². The molecule has 0 unspecified atom stereocenters. The van der Waals surface area contributed by atoms with Crippen LogP contribution in [0.1, 0.15) is 17.0 Å². The van der Waals surface area contributed by atoms with Gasteiger partial charge in [0.2, 0.25) is 0 Å². The Hall–Kier alpha value is -1.87. The molecular formula is C14H12ClN3. The minimum absolute atomic E-state index is 0.678. The van der Waals surface area contributed by atoms with Crippen molar-refractivity contribution < 1.29 is 0 Å². The molecule has 18 heavy (non-hydrogen) atoms. The van der Waals surface area contributed by atoms with Crippen molar-refractivity contribution in [3.8, 4) is 0 Å². The Morgan fingerprint density at radius 1 is 1.22 bits per heavy atom. The van der Waals surface area contributed by atoms with Crippen LogP contribution in [0.15, 0.2) is 42.6 Å². The largest absolute Gasteiger partial charge is 0.221 e. The molecule has 0 amide bonds. The molecular weight excluding hydrogens is 246 g/mol. The molecule has 0 spiro atoms. The van der Waals surface area contributed by atoms with Crippen LogP contribution in [0.4, 0.5) is 0 Å². The highest BCUT2D eigenvalue weighted by Crippen LogP contribution is 2.13. The predicted molar refractivity (Wildman–Crippen MR) is 72.0 cm³/mol. The highest BCUT2D eigenvalue weighted by Gasteiger charge is 2.05. The zero-order valence-corrected chi connectivity index (χ0v) is 10.7. The van der Waals surface area contributed by atoms with Crippen molar-refractivity contribution in [1.29, 1.82) is 0 Å². The lowest BCUT2D eigenvalue weighted by atomic mass is 10.1. The first-order chi connectivity index (χ1) is 8.70. The second kappa shape index (κ2) is 4.42. The van der Waals surface area contributed by atoms with Gasteiger partial charge in [-0.15, -0.1) is 0 Å². The molecule has 0 N–H and O–H groups in total. The molecule has 0 fully saturated rings. The molecule has 3 rings (SSSR count). The minimum Gasteiger partial charge on any atom is -0.221 e. The summed E-state index contributed by atoms with van der Waals surface area (Å²) >= 11 is 5.93. The number of hydrogen-bond acceptors (Lipinski definition) is 2. The SMILES string of the molecule is Cc1cccc(Cc2nc3cc(Cl)ccn3n2)c1. The molecule has 0 radical (unpaired) electrons. The van der Waals surface area contributed by atoms with Crippen LogP contribution in [0.5, 0.6) is 0 Å². The van der Waals surface area contributed by atoms with E-state index in [9.17, 15) is 0 Å². The Bertz CT molecular complexity index is 703. The van der Waals surface area contributed by atoms with Gasteiger partial charge in [-0.2, -0.15) is 5.10 Å². The molecule has 0 aliphatic carbocycles. The molecule has 2 heterocycles. The minimum atomic E-state index is 0.678. The molecule has 0 aliphatic heterocycles.